The normalized spacial score (nSPS) is 11.6. The van der Waals surface area contributed by atoms with E-state index in [2.05, 4.69) is 31.3 Å². The number of benzene rings is 2. The maximum atomic E-state index is 12.8. The standard InChI is InChI=1S/C23H31NO4/c1-6-16(5)17-10-12-19(13-11-17)24-23(25)18-14-20(26-7-2)22(28-9-4)21(15-18)27-8-3/h10-16H,6-9H2,1-5H3,(H,24,25)/t16-/m1/s1. The smallest absolute Gasteiger partial charge is 0.255 e. The lowest BCUT2D eigenvalue weighted by Crippen LogP contribution is -2.13. The van der Waals surface area contributed by atoms with E-state index in [4.69, 9.17) is 14.2 Å². The van der Waals surface area contributed by atoms with Crippen LogP contribution in [0.1, 0.15) is 62.9 Å². The molecule has 1 N–H and O–H groups in total. The Bertz CT molecular complexity index is 744. The zero-order chi connectivity index (χ0) is 20.5. The summed E-state index contributed by atoms with van der Waals surface area (Å²) < 4.78 is 17.1. The summed E-state index contributed by atoms with van der Waals surface area (Å²) in [5.41, 5.74) is 2.47. The summed E-state index contributed by atoms with van der Waals surface area (Å²) in [6, 6.07) is 11.4. The van der Waals surface area contributed by atoms with E-state index in [-0.39, 0.29) is 5.91 Å². The zero-order valence-corrected chi connectivity index (χ0v) is 17.5. The molecule has 0 radical (unpaired) electrons. The van der Waals surface area contributed by atoms with Crippen molar-refractivity contribution in [1.82, 2.24) is 0 Å². The van der Waals surface area contributed by atoms with E-state index in [1.165, 1.54) is 5.56 Å². The van der Waals surface area contributed by atoms with Gasteiger partial charge in [0.2, 0.25) is 5.75 Å². The highest BCUT2D eigenvalue weighted by Crippen LogP contribution is 2.39. The molecular formula is C23H31NO4. The van der Waals surface area contributed by atoms with Gasteiger partial charge in [-0.2, -0.15) is 0 Å². The quantitative estimate of drug-likeness (QED) is 0.574. The Morgan fingerprint density at radius 3 is 1.89 bits per heavy atom. The Balaban J connectivity index is 2.28. The first-order chi connectivity index (χ1) is 13.5. The van der Waals surface area contributed by atoms with Gasteiger partial charge >= 0.3 is 0 Å². The van der Waals surface area contributed by atoms with Crippen LogP contribution in [0.15, 0.2) is 36.4 Å². The summed E-state index contributed by atoms with van der Waals surface area (Å²) in [5.74, 6) is 1.82. The minimum atomic E-state index is -0.221. The number of amides is 1. The Hall–Kier alpha value is -2.69. The third-order valence-electron chi connectivity index (χ3n) is 4.52. The van der Waals surface area contributed by atoms with Crippen LogP contribution in [-0.4, -0.2) is 25.7 Å². The third kappa shape index (κ3) is 5.41. The van der Waals surface area contributed by atoms with Crippen LogP contribution in [0.5, 0.6) is 17.2 Å². The fourth-order valence-electron chi connectivity index (χ4n) is 2.85. The monoisotopic (exact) mass is 385 g/mol. The highest BCUT2D eigenvalue weighted by molar-refractivity contribution is 6.05. The van der Waals surface area contributed by atoms with Crippen LogP contribution in [0.4, 0.5) is 5.69 Å². The number of nitrogens with one attached hydrogen (secondary N) is 1. The van der Waals surface area contributed by atoms with E-state index in [1.54, 1.807) is 12.1 Å². The van der Waals surface area contributed by atoms with E-state index >= 15 is 0 Å². The van der Waals surface area contributed by atoms with Crippen molar-refractivity contribution in [3.63, 3.8) is 0 Å². The van der Waals surface area contributed by atoms with Crippen molar-refractivity contribution in [2.24, 2.45) is 0 Å². The third-order valence-corrected chi connectivity index (χ3v) is 4.52. The van der Waals surface area contributed by atoms with Gasteiger partial charge in [0.25, 0.3) is 5.91 Å². The number of hydrogen-bond donors (Lipinski definition) is 1. The average molecular weight is 386 g/mol. The van der Waals surface area contributed by atoms with Gasteiger partial charge in [0.05, 0.1) is 19.8 Å². The van der Waals surface area contributed by atoms with Crippen molar-refractivity contribution in [2.75, 3.05) is 25.1 Å². The predicted molar refractivity (Wildman–Crippen MR) is 113 cm³/mol. The van der Waals surface area contributed by atoms with Crippen LogP contribution in [0.2, 0.25) is 0 Å². The second-order valence-electron chi connectivity index (χ2n) is 6.49. The highest BCUT2D eigenvalue weighted by Gasteiger charge is 2.18. The first-order valence-electron chi connectivity index (χ1n) is 10.0. The summed E-state index contributed by atoms with van der Waals surface area (Å²) in [6.45, 7) is 11.4. The topological polar surface area (TPSA) is 56.8 Å². The van der Waals surface area contributed by atoms with Crippen LogP contribution >= 0.6 is 0 Å². The summed E-state index contributed by atoms with van der Waals surface area (Å²) in [7, 11) is 0. The molecule has 2 rings (SSSR count). The van der Waals surface area contributed by atoms with Crippen molar-refractivity contribution in [3.8, 4) is 17.2 Å². The van der Waals surface area contributed by atoms with Crippen LogP contribution in [0.3, 0.4) is 0 Å². The van der Waals surface area contributed by atoms with Crippen molar-refractivity contribution in [3.05, 3.63) is 47.5 Å². The lowest BCUT2D eigenvalue weighted by atomic mass is 9.98. The fourth-order valence-corrected chi connectivity index (χ4v) is 2.85. The second kappa shape index (κ2) is 10.6. The molecule has 5 heteroatoms. The molecule has 1 amide bonds. The fraction of sp³-hybridized carbons (Fsp3) is 0.435. The molecule has 2 aromatic carbocycles. The molecule has 2 aromatic rings. The van der Waals surface area contributed by atoms with Crippen LogP contribution in [0, 0.1) is 0 Å². The molecule has 0 saturated heterocycles. The van der Waals surface area contributed by atoms with Gasteiger partial charge in [-0.05, 0) is 62.9 Å². The van der Waals surface area contributed by atoms with Gasteiger partial charge in [-0.15, -0.1) is 0 Å². The Morgan fingerprint density at radius 2 is 1.43 bits per heavy atom. The molecule has 152 valence electrons. The maximum Gasteiger partial charge on any atom is 0.255 e. The first kappa shape index (κ1) is 21.6. The van der Waals surface area contributed by atoms with Crippen molar-refractivity contribution < 1.29 is 19.0 Å². The zero-order valence-electron chi connectivity index (χ0n) is 17.5. The number of rotatable bonds is 10. The molecule has 0 fully saturated rings. The largest absolute Gasteiger partial charge is 0.490 e. The number of anilines is 1. The number of ether oxygens (including phenoxy) is 3. The van der Waals surface area contributed by atoms with Crippen molar-refractivity contribution in [2.45, 2.75) is 47.0 Å². The molecule has 0 spiro atoms. The van der Waals surface area contributed by atoms with Gasteiger partial charge in [-0.1, -0.05) is 26.0 Å². The number of hydrogen-bond acceptors (Lipinski definition) is 4. The Kier molecular flexibility index (Phi) is 8.18. The summed E-state index contributed by atoms with van der Waals surface area (Å²) in [5, 5.41) is 2.94. The van der Waals surface area contributed by atoms with E-state index in [0.717, 1.165) is 12.1 Å². The summed E-state index contributed by atoms with van der Waals surface area (Å²) >= 11 is 0. The number of carbonyl (C=O) groups is 1. The van der Waals surface area contributed by atoms with Gasteiger partial charge in [0, 0.05) is 11.3 Å². The first-order valence-corrected chi connectivity index (χ1v) is 10.0. The van der Waals surface area contributed by atoms with Gasteiger partial charge in [-0.25, -0.2) is 0 Å². The molecular weight excluding hydrogens is 354 g/mol. The van der Waals surface area contributed by atoms with E-state index in [0.29, 0.717) is 48.6 Å². The van der Waals surface area contributed by atoms with Gasteiger partial charge in [0.15, 0.2) is 11.5 Å². The highest BCUT2D eigenvalue weighted by atomic mass is 16.5. The molecule has 0 heterocycles. The molecule has 5 nitrogen and oxygen atoms in total. The molecule has 0 saturated carbocycles. The van der Waals surface area contributed by atoms with Crippen molar-refractivity contribution in [1.29, 1.82) is 0 Å². The minimum absolute atomic E-state index is 0.221. The maximum absolute atomic E-state index is 12.8. The molecule has 1 atom stereocenters. The molecule has 0 bridgehead atoms. The minimum Gasteiger partial charge on any atom is -0.490 e. The molecule has 28 heavy (non-hydrogen) atoms. The predicted octanol–water partition coefficient (Wildman–Crippen LogP) is 5.65. The van der Waals surface area contributed by atoms with Crippen molar-refractivity contribution >= 4 is 11.6 Å². The van der Waals surface area contributed by atoms with Crippen LogP contribution in [-0.2, 0) is 0 Å². The van der Waals surface area contributed by atoms with Crippen LogP contribution < -0.4 is 19.5 Å². The Labute approximate surface area is 168 Å². The molecule has 0 unspecified atom stereocenters. The second-order valence-corrected chi connectivity index (χ2v) is 6.49. The number of carbonyl (C=O) groups excluding carboxylic acids is 1. The van der Waals surface area contributed by atoms with E-state index < -0.39 is 0 Å². The van der Waals surface area contributed by atoms with Gasteiger partial charge < -0.3 is 19.5 Å². The molecule has 0 aliphatic carbocycles. The lowest BCUT2D eigenvalue weighted by Gasteiger charge is -2.17. The lowest BCUT2D eigenvalue weighted by molar-refractivity contribution is 0.102. The summed E-state index contributed by atoms with van der Waals surface area (Å²) in [4.78, 5) is 12.8. The van der Waals surface area contributed by atoms with Crippen LogP contribution in [0.25, 0.3) is 0 Å². The summed E-state index contributed by atoms with van der Waals surface area (Å²) in [6.07, 6.45) is 1.08. The Morgan fingerprint density at radius 1 is 0.893 bits per heavy atom. The van der Waals surface area contributed by atoms with E-state index in [1.807, 2.05) is 32.9 Å². The van der Waals surface area contributed by atoms with Gasteiger partial charge in [0.1, 0.15) is 0 Å². The molecule has 0 aliphatic heterocycles. The van der Waals surface area contributed by atoms with E-state index in [9.17, 15) is 4.79 Å². The van der Waals surface area contributed by atoms with Gasteiger partial charge in [-0.3, -0.25) is 4.79 Å². The SMILES string of the molecule is CCOc1cc(C(=O)Nc2ccc([C@H](C)CC)cc2)cc(OCC)c1OCC. The molecule has 0 aliphatic rings. The molecule has 0 aromatic heterocycles. The average Bonchev–Trinajstić information content (AvgIpc) is 2.70.